The van der Waals surface area contributed by atoms with Gasteiger partial charge in [-0.3, -0.25) is 4.79 Å². The molecular weight excluding hydrogens is 426 g/mol. The maximum atomic E-state index is 12.9. The van der Waals surface area contributed by atoms with Gasteiger partial charge >= 0.3 is 6.03 Å². The van der Waals surface area contributed by atoms with E-state index in [4.69, 9.17) is 4.98 Å². The van der Waals surface area contributed by atoms with Gasteiger partial charge in [-0.05, 0) is 96.2 Å². The summed E-state index contributed by atoms with van der Waals surface area (Å²) in [6.45, 7) is 8.25. The highest BCUT2D eigenvalue weighted by molar-refractivity contribution is 5.91. The summed E-state index contributed by atoms with van der Waals surface area (Å²) < 4.78 is 0. The molecule has 7 nitrogen and oxygen atoms in total. The minimum atomic E-state index is -0.353. The molecule has 4 rings (SSSR count). The van der Waals surface area contributed by atoms with Gasteiger partial charge in [-0.2, -0.15) is 0 Å². The Labute approximate surface area is 205 Å². The van der Waals surface area contributed by atoms with Gasteiger partial charge in [-0.1, -0.05) is 6.07 Å². The summed E-state index contributed by atoms with van der Waals surface area (Å²) >= 11 is 0. The number of hydrogen-bond donors (Lipinski definition) is 2. The standard InChI is InChI=1S/C27H43N5O2/c1-3-31(4-2)27(34)30-24(25(33)20-10-11-20)16-19-32(23-14-15-23)18-6-5-9-22-13-12-21-8-7-17-28-26(21)29-22/h12-13,20,23-24H,3-11,14-19H2,1-2H3,(H,28,29)(H,30,34). The van der Waals surface area contributed by atoms with Gasteiger partial charge in [0.05, 0.1) is 6.04 Å². The molecule has 2 fully saturated rings. The number of pyridine rings is 1. The molecule has 2 N–H and O–H groups in total. The molecule has 7 heteroatoms. The van der Waals surface area contributed by atoms with E-state index in [0.717, 1.165) is 70.4 Å². The highest BCUT2D eigenvalue weighted by Crippen LogP contribution is 2.32. The molecule has 0 bridgehead atoms. The van der Waals surface area contributed by atoms with Gasteiger partial charge in [-0.25, -0.2) is 9.78 Å². The number of unbranched alkanes of at least 4 members (excludes halogenated alkanes) is 1. The Morgan fingerprint density at radius 1 is 1.12 bits per heavy atom. The summed E-state index contributed by atoms with van der Waals surface area (Å²) in [4.78, 5) is 34.7. The molecule has 34 heavy (non-hydrogen) atoms. The zero-order chi connectivity index (χ0) is 23.9. The SMILES string of the molecule is CCN(CC)C(=O)NC(CCN(CCCCc1ccc2c(n1)NCCC2)C1CC1)C(=O)C1CC1. The quantitative estimate of drug-likeness (QED) is 0.403. The van der Waals surface area contributed by atoms with E-state index in [1.54, 1.807) is 4.90 Å². The van der Waals surface area contributed by atoms with Crippen molar-refractivity contribution in [1.82, 2.24) is 20.1 Å². The molecule has 1 aromatic rings. The number of carbonyl (C=O) groups excluding carboxylic acids is 2. The zero-order valence-corrected chi connectivity index (χ0v) is 21.2. The van der Waals surface area contributed by atoms with Crippen LogP contribution in [0.5, 0.6) is 0 Å². The molecule has 1 atom stereocenters. The van der Waals surface area contributed by atoms with Gasteiger partial charge in [0.25, 0.3) is 0 Å². The fourth-order valence-corrected chi connectivity index (χ4v) is 5.03. The Morgan fingerprint density at radius 3 is 2.62 bits per heavy atom. The van der Waals surface area contributed by atoms with E-state index in [-0.39, 0.29) is 23.8 Å². The maximum absolute atomic E-state index is 12.9. The Hall–Kier alpha value is -2.15. The van der Waals surface area contributed by atoms with E-state index in [9.17, 15) is 9.59 Å². The van der Waals surface area contributed by atoms with Gasteiger partial charge in [0.2, 0.25) is 0 Å². The number of nitrogens with zero attached hydrogens (tertiary/aromatic N) is 3. The van der Waals surface area contributed by atoms with E-state index in [2.05, 4.69) is 27.7 Å². The van der Waals surface area contributed by atoms with Crippen LogP contribution in [0.3, 0.4) is 0 Å². The number of anilines is 1. The van der Waals surface area contributed by atoms with Gasteiger partial charge in [0.15, 0.2) is 5.78 Å². The van der Waals surface area contributed by atoms with Gasteiger partial charge in [0, 0.05) is 43.8 Å². The molecule has 188 valence electrons. The van der Waals surface area contributed by atoms with Crippen LogP contribution in [0, 0.1) is 5.92 Å². The third kappa shape index (κ3) is 6.94. The average Bonchev–Trinajstić information content (AvgIpc) is 3.76. The number of rotatable bonds is 14. The zero-order valence-electron chi connectivity index (χ0n) is 21.2. The number of ketones is 1. The summed E-state index contributed by atoms with van der Waals surface area (Å²) in [6, 6.07) is 4.63. The molecule has 0 spiro atoms. The number of nitrogens with one attached hydrogen (secondary N) is 2. The molecule has 2 aliphatic carbocycles. The molecule has 2 saturated carbocycles. The number of amides is 2. The summed E-state index contributed by atoms with van der Waals surface area (Å²) in [6.07, 6.45) is 10.8. The largest absolute Gasteiger partial charge is 0.370 e. The fourth-order valence-electron chi connectivity index (χ4n) is 5.03. The number of aromatic nitrogens is 1. The highest BCUT2D eigenvalue weighted by atomic mass is 16.2. The van der Waals surface area contributed by atoms with Crippen molar-refractivity contribution in [2.75, 3.05) is 38.0 Å². The first kappa shape index (κ1) is 25.0. The van der Waals surface area contributed by atoms with Crippen molar-refractivity contribution in [3.63, 3.8) is 0 Å². The number of fused-ring (bicyclic) bond motifs is 1. The van der Waals surface area contributed by atoms with Gasteiger partial charge in [0.1, 0.15) is 5.82 Å². The molecule has 1 aliphatic heterocycles. The Bertz CT molecular complexity index is 832. The van der Waals surface area contributed by atoms with Crippen molar-refractivity contribution < 1.29 is 9.59 Å². The average molecular weight is 470 g/mol. The Morgan fingerprint density at radius 2 is 1.91 bits per heavy atom. The van der Waals surface area contributed by atoms with Crippen LogP contribution in [-0.4, -0.2) is 71.4 Å². The summed E-state index contributed by atoms with van der Waals surface area (Å²) in [5.74, 6) is 1.49. The Kier molecular flexibility index (Phi) is 8.81. The number of carbonyl (C=O) groups is 2. The molecule has 0 aromatic carbocycles. The monoisotopic (exact) mass is 469 g/mol. The third-order valence-electron chi connectivity index (χ3n) is 7.52. The Balaban J connectivity index is 1.24. The van der Waals surface area contributed by atoms with Crippen molar-refractivity contribution in [2.45, 2.75) is 90.1 Å². The molecule has 1 aromatic heterocycles. The first-order valence-corrected chi connectivity index (χ1v) is 13.6. The van der Waals surface area contributed by atoms with Crippen LogP contribution < -0.4 is 10.6 Å². The molecular formula is C27H43N5O2. The minimum Gasteiger partial charge on any atom is -0.370 e. The van der Waals surface area contributed by atoms with Crippen LogP contribution in [0.1, 0.15) is 76.5 Å². The number of Topliss-reactive ketones (excluding diaryl/α,β-unsaturated/α-hetero) is 1. The topological polar surface area (TPSA) is 77.6 Å². The van der Waals surface area contributed by atoms with Crippen LogP contribution in [-0.2, 0) is 17.6 Å². The molecule has 2 heterocycles. The summed E-state index contributed by atoms with van der Waals surface area (Å²) in [5, 5.41) is 6.50. The van der Waals surface area contributed by atoms with Crippen molar-refractivity contribution in [2.24, 2.45) is 5.92 Å². The van der Waals surface area contributed by atoms with Crippen LogP contribution in [0.25, 0.3) is 0 Å². The lowest BCUT2D eigenvalue weighted by Crippen LogP contribution is -2.49. The lowest BCUT2D eigenvalue weighted by molar-refractivity contribution is -0.122. The van der Waals surface area contributed by atoms with E-state index in [1.165, 1.54) is 30.5 Å². The molecule has 0 radical (unpaired) electrons. The van der Waals surface area contributed by atoms with E-state index < -0.39 is 0 Å². The second-order valence-corrected chi connectivity index (χ2v) is 10.2. The molecule has 0 saturated heterocycles. The van der Waals surface area contributed by atoms with Crippen molar-refractivity contribution >= 4 is 17.6 Å². The van der Waals surface area contributed by atoms with Gasteiger partial charge < -0.3 is 20.4 Å². The summed E-state index contributed by atoms with van der Waals surface area (Å²) in [5.41, 5.74) is 2.53. The normalized spacial score (nSPS) is 18.2. The number of aryl methyl sites for hydroxylation is 2. The van der Waals surface area contributed by atoms with Crippen LogP contribution >= 0.6 is 0 Å². The number of hydrogen-bond acceptors (Lipinski definition) is 5. The first-order valence-electron chi connectivity index (χ1n) is 13.6. The number of urea groups is 1. The third-order valence-corrected chi connectivity index (χ3v) is 7.52. The fraction of sp³-hybridized carbons (Fsp3) is 0.741. The van der Waals surface area contributed by atoms with Crippen molar-refractivity contribution in [3.05, 3.63) is 23.4 Å². The van der Waals surface area contributed by atoms with E-state index >= 15 is 0 Å². The van der Waals surface area contributed by atoms with Gasteiger partial charge in [-0.15, -0.1) is 0 Å². The molecule has 3 aliphatic rings. The highest BCUT2D eigenvalue weighted by Gasteiger charge is 2.37. The van der Waals surface area contributed by atoms with Crippen LogP contribution in [0.2, 0.25) is 0 Å². The van der Waals surface area contributed by atoms with Crippen molar-refractivity contribution in [3.8, 4) is 0 Å². The lowest BCUT2D eigenvalue weighted by atomic mass is 10.0. The first-order chi connectivity index (χ1) is 16.6. The predicted octanol–water partition coefficient (Wildman–Crippen LogP) is 4.02. The van der Waals surface area contributed by atoms with Crippen LogP contribution in [0.15, 0.2) is 12.1 Å². The van der Waals surface area contributed by atoms with Crippen LogP contribution in [0.4, 0.5) is 10.6 Å². The predicted molar refractivity (Wildman–Crippen MR) is 136 cm³/mol. The van der Waals surface area contributed by atoms with E-state index in [1.807, 2.05) is 13.8 Å². The minimum absolute atomic E-state index is 0.103. The molecule has 2 amide bonds. The second kappa shape index (κ2) is 12.0. The maximum Gasteiger partial charge on any atom is 0.317 e. The summed E-state index contributed by atoms with van der Waals surface area (Å²) in [7, 11) is 0. The second-order valence-electron chi connectivity index (χ2n) is 10.2. The lowest BCUT2D eigenvalue weighted by Gasteiger charge is -2.27. The van der Waals surface area contributed by atoms with E-state index in [0.29, 0.717) is 19.1 Å². The molecule has 1 unspecified atom stereocenters. The smallest absolute Gasteiger partial charge is 0.317 e. The van der Waals surface area contributed by atoms with Crippen molar-refractivity contribution in [1.29, 1.82) is 0 Å².